The molecule has 0 aromatic carbocycles. The molecule has 3 rings (SSSR count). The van der Waals surface area contributed by atoms with Gasteiger partial charge in [0.15, 0.2) is 5.82 Å². The smallest absolute Gasteiger partial charge is 0.152 e. The van der Waals surface area contributed by atoms with Crippen molar-refractivity contribution in [3.8, 4) is 0 Å². The molecule has 19 heavy (non-hydrogen) atoms. The van der Waals surface area contributed by atoms with Gasteiger partial charge in [-0.1, -0.05) is 0 Å². The van der Waals surface area contributed by atoms with Crippen molar-refractivity contribution in [3.63, 3.8) is 0 Å². The molecule has 0 spiro atoms. The summed E-state index contributed by atoms with van der Waals surface area (Å²) in [6.07, 6.45) is 8.78. The van der Waals surface area contributed by atoms with E-state index >= 15 is 0 Å². The summed E-state index contributed by atoms with van der Waals surface area (Å²) in [6, 6.07) is 2.05. The zero-order chi connectivity index (χ0) is 13.1. The molecule has 2 aromatic heterocycles. The van der Waals surface area contributed by atoms with Gasteiger partial charge in [0.05, 0.1) is 11.8 Å². The number of anilines is 1. The van der Waals surface area contributed by atoms with Crippen LogP contribution in [0.4, 0.5) is 5.82 Å². The van der Waals surface area contributed by atoms with E-state index in [-0.39, 0.29) is 0 Å². The second kappa shape index (κ2) is 5.57. The van der Waals surface area contributed by atoms with E-state index in [0.717, 1.165) is 36.6 Å². The normalized spacial score (nSPS) is 19.7. The van der Waals surface area contributed by atoms with Crippen LogP contribution in [0.25, 0.3) is 5.52 Å². The topological polar surface area (TPSA) is 51.5 Å². The highest BCUT2D eigenvalue weighted by molar-refractivity contribution is 5.67. The lowest BCUT2D eigenvalue weighted by atomic mass is 10.1. The maximum Gasteiger partial charge on any atom is 0.152 e. The van der Waals surface area contributed by atoms with Crippen LogP contribution in [0.2, 0.25) is 0 Å². The van der Waals surface area contributed by atoms with Crippen LogP contribution in [0, 0.1) is 6.92 Å². The molecule has 1 N–H and O–H groups in total. The third-order valence-electron chi connectivity index (χ3n) is 3.54. The third-order valence-corrected chi connectivity index (χ3v) is 3.54. The van der Waals surface area contributed by atoms with E-state index in [9.17, 15) is 0 Å². The van der Waals surface area contributed by atoms with Crippen molar-refractivity contribution in [3.05, 3.63) is 24.2 Å². The molecule has 1 saturated heterocycles. The first-order chi connectivity index (χ1) is 9.33. The Bertz CT molecular complexity index is 545. The Morgan fingerprint density at radius 1 is 1.47 bits per heavy atom. The monoisotopic (exact) mass is 260 g/mol. The zero-order valence-electron chi connectivity index (χ0n) is 11.3. The number of nitrogens with one attached hydrogen (secondary N) is 1. The van der Waals surface area contributed by atoms with Gasteiger partial charge in [0.1, 0.15) is 5.52 Å². The van der Waals surface area contributed by atoms with Crippen LogP contribution in [0.1, 0.15) is 31.4 Å². The average Bonchev–Trinajstić information content (AvgIpc) is 2.81. The van der Waals surface area contributed by atoms with E-state index in [1.54, 1.807) is 6.20 Å². The Hall–Kier alpha value is -1.62. The summed E-state index contributed by atoms with van der Waals surface area (Å²) < 4.78 is 7.59. The first-order valence-corrected chi connectivity index (χ1v) is 6.99. The maximum atomic E-state index is 5.73. The average molecular weight is 260 g/mol. The minimum atomic E-state index is 0.410. The lowest BCUT2D eigenvalue weighted by molar-refractivity contribution is 0.0134. The largest absolute Gasteiger partial charge is 0.378 e. The van der Waals surface area contributed by atoms with Crippen LogP contribution >= 0.6 is 0 Å². The fourth-order valence-corrected chi connectivity index (χ4v) is 2.57. The summed E-state index contributed by atoms with van der Waals surface area (Å²) in [5.74, 6) is 0.902. The van der Waals surface area contributed by atoms with Gasteiger partial charge in [-0.15, -0.1) is 0 Å². The molecule has 0 amide bonds. The molecule has 0 aliphatic carbocycles. The van der Waals surface area contributed by atoms with E-state index in [4.69, 9.17) is 4.74 Å². The molecule has 1 fully saturated rings. The van der Waals surface area contributed by atoms with Gasteiger partial charge in [0.25, 0.3) is 0 Å². The Labute approximate surface area is 113 Å². The summed E-state index contributed by atoms with van der Waals surface area (Å²) in [6.45, 7) is 3.80. The van der Waals surface area contributed by atoms with Crippen molar-refractivity contribution >= 4 is 11.3 Å². The molecule has 0 radical (unpaired) electrons. The van der Waals surface area contributed by atoms with Crippen LogP contribution in [-0.4, -0.2) is 33.9 Å². The molecule has 1 aliphatic heterocycles. The van der Waals surface area contributed by atoms with E-state index in [1.807, 2.05) is 23.7 Å². The Balaban J connectivity index is 1.61. The molecular weight excluding hydrogens is 240 g/mol. The number of fused-ring (bicyclic) bond motifs is 1. The van der Waals surface area contributed by atoms with Crippen molar-refractivity contribution in [2.75, 3.05) is 18.5 Å². The van der Waals surface area contributed by atoms with Gasteiger partial charge in [0.2, 0.25) is 0 Å². The van der Waals surface area contributed by atoms with Crippen molar-refractivity contribution < 1.29 is 4.74 Å². The first-order valence-electron chi connectivity index (χ1n) is 6.99. The molecule has 102 valence electrons. The summed E-state index contributed by atoms with van der Waals surface area (Å²) in [5, 5.41) is 7.78. The van der Waals surface area contributed by atoms with Gasteiger partial charge in [-0.25, -0.2) is 9.50 Å². The highest BCUT2D eigenvalue weighted by atomic mass is 16.5. The Kier molecular flexibility index (Phi) is 3.64. The molecule has 5 nitrogen and oxygen atoms in total. The van der Waals surface area contributed by atoms with Crippen molar-refractivity contribution in [2.24, 2.45) is 0 Å². The molecule has 3 heterocycles. The first kappa shape index (κ1) is 12.4. The number of aromatic nitrogens is 3. The van der Waals surface area contributed by atoms with E-state index in [2.05, 4.69) is 15.4 Å². The van der Waals surface area contributed by atoms with E-state index in [1.165, 1.54) is 19.3 Å². The van der Waals surface area contributed by atoms with Crippen molar-refractivity contribution in [1.29, 1.82) is 0 Å². The standard InChI is InChI=1S/C14H20N4O/c1-11-10-13-14(16-7-8-18(13)17-11)15-6-5-12-4-2-3-9-19-12/h7-8,10,12H,2-6,9H2,1H3,(H,15,16). The Morgan fingerprint density at radius 2 is 2.42 bits per heavy atom. The fraction of sp³-hybridized carbons (Fsp3) is 0.571. The SMILES string of the molecule is Cc1cc2c(NCCC3CCCCO3)nccn2n1. The summed E-state index contributed by atoms with van der Waals surface area (Å²) in [7, 11) is 0. The Morgan fingerprint density at radius 3 is 3.26 bits per heavy atom. The molecule has 0 saturated carbocycles. The van der Waals surface area contributed by atoms with Crippen LogP contribution in [0.15, 0.2) is 18.5 Å². The predicted molar refractivity (Wildman–Crippen MR) is 74.4 cm³/mol. The second-order valence-electron chi connectivity index (χ2n) is 5.10. The number of hydrogen-bond donors (Lipinski definition) is 1. The minimum Gasteiger partial charge on any atom is -0.378 e. The van der Waals surface area contributed by atoms with Crippen LogP contribution in [0.3, 0.4) is 0 Å². The van der Waals surface area contributed by atoms with E-state index in [0.29, 0.717) is 6.10 Å². The summed E-state index contributed by atoms with van der Waals surface area (Å²) in [5.41, 5.74) is 2.04. The number of aryl methyl sites for hydroxylation is 1. The quantitative estimate of drug-likeness (QED) is 0.917. The number of hydrogen-bond acceptors (Lipinski definition) is 4. The second-order valence-corrected chi connectivity index (χ2v) is 5.10. The van der Waals surface area contributed by atoms with Gasteiger partial charge in [-0.2, -0.15) is 5.10 Å². The summed E-state index contributed by atoms with van der Waals surface area (Å²) >= 11 is 0. The number of ether oxygens (including phenoxy) is 1. The molecule has 2 aromatic rings. The van der Waals surface area contributed by atoms with Crippen LogP contribution in [-0.2, 0) is 4.74 Å². The number of nitrogens with zero attached hydrogens (tertiary/aromatic N) is 3. The number of rotatable bonds is 4. The molecule has 5 heteroatoms. The lowest BCUT2D eigenvalue weighted by Gasteiger charge is -2.22. The van der Waals surface area contributed by atoms with Crippen molar-refractivity contribution in [1.82, 2.24) is 14.6 Å². The highest BCUT2D eigenvalue weighted by Gasteiger charge is 2.13. The summed E-state index contributed by atoms with van der Waals surface area (Å²) in [4.78, 5) is 4.39. The molecule has 1 unspecified atom stereocenters. The van der Waals surface area contributed by atoms with Gasteiger partial charge in [-0.3, -0.25) is 0 Å². The highest BCUT2D eigenvalue weighted by Crippen LogP contribution is 2.17. The van der Waals surface area contributed by atoms with E-state index < -0.39 is 0 Å². The maximum absolute atomic E-state index is 5.73. The predicted octanol–water partition coefficient (Wildman–Crippen LogP) is 2.41. The third kappa shape index (κ3) is 2.87. The van der Waals surface area contributed by atoms with Gasteiger partial charge in [0, 0.05) is 25.5 Å². The van der Waals surface area contributed by atoms with Crippen LogP contribution < -0.4 is 5.32 Å². The van der Waals surface area contributed by atoms with Gasteiger partial charge < -0.3 is 10.1 Å². The lowest BCUT2D eigenvalue weighted by Crippen LogP contribution is -2.22. The van der Waals surface area contributed by atoms with Crippen molar-refractivity contribution in [2.45, 2.75) is 38.7 Å². The fourth-order valence-electron chi connectivity index (χ4n) is 2.57. The molecule has 1 atom stereocenters. The van der Waals surface area contributed by atoms with Crippen LogP contribution in [0.5, 0.6) is 0 Å². The minimum absolute atomic E-state index is 0.410. The molecular formula is C14H20N4O. The van der Waals surface area contributed by atoms with Gasteiger partial charge >= 0.3 is 0 Å². The van der Waals surface area contributed by atoms with Gasteiger partial charge in [-0.05, 0) is 38.7 Å². The zero-order valence-corrected chi connectivity index (χ0v) is 11.3. The molecule has 1 aliphatic rings. The molecule has 0 bridgehead atoms.